The van der Waals surface area contributed by atoms with Gasteiger partial charge in [-0.05, 0) is 84.8 Å². The second-order valence-electron chi connectivity index (χ2n) is 6.84. The van der Waals surface area contributed by atoms with Crippen molar-refractivity contribution in [1.29, 1.82) is 0 Å². The van der Waals surface area contributed by atoms with Gasteiger partial charge in [0.15, 0.2) is 11.5 Å². The van der Waals surface area contributed by atoms with Crippen molar-refractivity contribution in [3.05, 3.63) is 84.4 Å². The largest absolute Gasteiger partial charge is 0.490 e. The summed E-state index contributed by atoms with van der Waals surface area (Å²) >= 11 is 14.5. The normalized spacial score (nSPS) is 11.1. The molecule has 0 aliphatic carbocycles. The first kappa shape index (κ1) is 22.9. The summed E-state index contributed by atoms with van der Waals surface area (Å²) in [7, 11) is 0. The quantitative estimate of drug-likeness (QED) is 0.219. The highest BCUT2D eigenvalue weighted by Crippen LogP contribution is 2.35. The summed E-state index contributed by atoms with van der Waals surface area (Å²) in [4.78, 5) is 4.65. The molecule has 0 bridgehead atoms. The van der Waals surface area contributed by atoms with Gasteiger partial charge in [-0.1, -0.05) is 47.0 Å². The fourth-order valence-corrected chi connectivity index (χ4v) is 4.19. The third-order valence-corrected chi connectivity index (χ3v) is 5.81. The number of ether oxygens (including phenoxy) is 2. The van der Waals surface area contributed by atoms with Crippen molar-refractivity contribution >= 4 is 57.7 Å². The molecule has 0 saturated heterocycles. The van der Waals surface area contributed by atoms with Gasteiger partial charge in [-0.15, -0.1) is 0 Å². The second-order valence-corrected chi connectivity index (χ2v) is 8.84. The Hall–Kier alpha value is -1.76. The van der Waals surface area contributed by atoms with E-state index in [0.29, 0.717) is 34.8 Å². The van der Waals surface area contributed by atoms with Crippen molar-refractivity contribution < 1.29 is 9.47 Å². The first-order valence-corrected chi connectivity index (χ1v) is 11.3. The van der Waals surface area contributed by atoms with Gasteiger partial charge in [0.25, 0.3) is 0 Å². The van der Waals surface area contributed by atoms with E-state index < -0.39 is 0 Å². The molecule has 0 N–H and O–H groups in total. The summed E-state index contributed by atoms with van der Waals surface area (Å²) in [5.41, 5.74) is 5.12. The Morgan fingerprint density at radius 2 is 1.80 bits per heavy atom. The summed E-state index contributed by atoms with van der Waals surface area (Å²) in [5, 5.41) is 1.17. The summed E-state index contributed by atoms with van der Waals surface area (Å²) in [6.07, 6.45) is 1.85. The van der Waals surface area contributed by atoms with E-state index in [2.05, 4.69) is 53.6 Å². The maximum atomic E-state index is 6.27. The molecule has 0 amide bonds. The van der Waals surface area contributed by atoms with Gasteiger partial charge < -0.3 is 9.47 Å². The van der Waals surface area contributed by atoms with Crippen LogP contribution in [-0.2, 0) is 6.61 Å². The monoisotopic (exact) mass is 553 g/mol. The van der Waals surface area contributed by atoms with Crippen molar-refractivity contribution in [2.45, 2.75) is 27.4 Å². The van der Waals surface area contributed by atoms with Crippen LogP contribution in [-0.4, -0.2) is 12.8 Å². The maximum absolute atomic E-state index is 6.27. The molecule has 0 aliphatic rings. The Bertz CT molecular complexity index is 1080. The zero-order valence-electron chi connectivity index (χ0n) is 17.0. The maximum Gasteiger partial charge on any atom is 0.175 e. The third-order valence-electron chi connectivity index (χ3n) is 4.42. The van der Waals surface area contributed by atoms with Crippen molar-refractivity contribution in [1.82, 2.24) is 0 Å². The summed E-state index contributed by atoms with van der Waals surface area (Å²) in [6, 6.07) is 15.6. The Labute approximate surface area is 201 Å². The first-order chi connectivity index (χ1) is 14.4. The van der Waals surface area contributed by atoms with Crippen LogP contribution in [0.2, 0.25) is 10.0 Å². The van der Waals surface area contributed by atoms with Gasteiger partial charge in [0.2, 0.25) is 0 Å². The molecule has 0 heterocycles. The zero-order valence-corrected chi connectivity index (χ0v) is 20.7. The number of aryl methyl sites for hydroxylation is 2. The van der Waals surface area contributed by atoms with Crippen LogP contribution in [0.3, 0.4) is 0 Å². The summed E-state index contributed by atoms with van der Waals surface area (Å²) < 4.78 is 12.9. The molecule has 0 spiro atoms. The van der Waals surface area contributed by atoms with E-state index >= 15 is 0 Å². The van der Waals surface area contributed by atoms with Crippen LogP contribution in [0.5, 0.6) is 11.5 Å². The van der Waals surface area contributed by atoms with Gasteiger partial charge >= 0.3 is 0 Å². The molecule has 0 unspecified atom stereocenters. The molecule has 0 aromatic heterocycles. The van der Waals surface area contributed by atoms with Crippen LogP contribution in [0.15, 0.2) is 53.5 Å². The van der Waals surface area contributed by atoms with E-state index in [-0.39, 0.29) is 0 Å². The molecule has 0 radical (unpaired) electrons. The molecule has 0 fully saturated rings. The third kappa shape index (κ3) is 5.90. The number of benzene rings is 3. The number of hydrogen-bond acceptors (Lipinski definition) is 3. The lowest BCUT2D eigenvalue weighted by Gasteiger charge is -2.15. The van der Waals surface area contributed by atoms with E-state index in [1.54, 1.807) is 12.1 Å². The Morgan fingerprint density at radius 3 is 2.50 bits per heavy atom. The van der Waals surface area contributed by atoms with Crippen LogP contribution in [0.25, 0.3) is 0 Å². The fourth-order valence-electron chi connectivity index (χ4n) is 2.95. The van der Waals surface area contributed by atoms with E-state index in [1.165, 1.54) is 5.56 Å². The number of rotatable bonds is 7. The molecule has 3 nitrogen and oxygen atoms in total. The van der Waals surface area contributed by atoms with E-state index in [0.717, 1.165) is 25.9 Å². The van der Waals surface area contributed by atoms with E-state index in [4.69, 9.17) is 32.7 Å². The molecule has 6 heteroatoms. The second kappa shape index (κ2) is 10.5. The molecular weight excluding hydrogens is 532 g/mol. The molecule has 3 rings (SSSR count). The SMILES string of the molecule is CCOc1cc(C=Nc2ccc(C)cc2C)cc(I)c1OCc1ccc(Cl)cc1Cl. The first-order valence-electron chi connectivity index (χ1n) is 9.51. The molecule has 156 valence electrons. The summed E-state index contributed by atoms with van der Waals surface area (Å²) in [6.45, 7) is 6.94. The van der Waals surface area contributed by atoms with Crippen LogP contribution in [0.1, 0.15) is 29.2 Å². The minimum absolute atomic E-state index is 0.322. The highest BCUT2D eigenvalue weighted by Gasteiger charge is 2.13. The Morgan fingerprint density at radius 1 is 1.00 bits per heavy atom. The molecule has 3 aromatic carbocycles. The van der Waals surface area contributed by atoms with Crippen molar-refractivity contribution in [2.24, 2.45) is 4.99 Å². The van der Waals surface area contributed by atoms with E-state index in [1.807, 2.05) is 37.4 Å². The van der Waals surface area contributed by atoms with Gasteiger partial charge in [-0.2, -0.15) is 0 Å². The van der Waals surface area contributed by atoms with Crippen molar-refractivity contribution in [2.75, 3.05) is 6.61 Å². The molecule has 0 saturated carbocycles. The Kier molecular flexibility index (Phi) is 8.03. The smallest absolute Gasteiger partial charge is 0.175 e. The van der Waals surface area contributed by atoms with Crippen LogP contribution in [0.4, 0.5) is 5.69 Å². The van der Waals surface area contributed by atoms with Gasteiger partial charge in [0, 0.05) is 21.8 Å². The molecule has 0 atom stereocenters. The van der Waals surface area contributed by atoms with Gasteiger partial charge in [0.05, 0.1) is 15.9 Å². The lowest BCUT2D eigenvalue weighted by atomic mass is 10.1. The predicted molar refractivity (Wildman–Crippen MR) is 134 cm³/mol. The minimum atomic E-state index is 0.322. The average Bonchev–Trinajstić information content (AvgIpc) is 2.68. The van der Waals surface area contributed by atoms with Crippen molar-refractivity contribution in [3.8, 4) is 11.5 Å². The highest BCUT2D eigenvalue weighted by molar-refractivity contribution is 14.1. The molecule has 0 aliphatic heterocycles. The minimum Gasteiger partial charge on any atom is -0.490 e. The van der Waals surface area contributed by atoms with Gasteiger partial charge in [-0.3, -0.25) is 4.99 Å². The zero-order chi connectivity index (χ0) is 21.7. The number of hydrogen-bond donors (Lipinski definition) is 0. The molecular formula is C24H22Cl2INO2. The van der Waals surface area contributed by atoms with E-state index in [9.17, 15) is 0 Å². The van der Waals surface area contributed by atoms with Gasteiger partial charge in [0.1, 0.15) is 6.61 Å². The summed E-state index contributed by atoms with van der Waals surface area (Å²) in [5.74, 6) is 1.36. The van der Waals surface area contributed by atoms with Gasteiger partial charge in [-0.25, -0.2) is 0 Å². The van der Waals surface area contributed by atoms with Crippen LogP contribution < -0.4 is 9.47 Å². The topological polar surface area (TPSA) is 30.8 Å². The lowest BCUT2D eigenvalue weighted by Crippen LogP contribution is -2.03. The highest BCUT2D eigenvalue weighted by atomic mass is 127. The Balaban J connectivity index is 1.85. The average molecular weight is 554 g/mol. The fraction of sp³-hybridized carbons (Fsp3) is 0.208. The number of nitrogens with zero attached hydrogens (tertiary/aromatic N) is 1. The van der Waals surface area contributed by atoms with Crippen molar-refractivity contribution in [3.63, 3.8) is 0 Å². The van der Waals surface area contributed by atoms with Crippen LogP contribution >= 0.6 is 45.8 Å². The van der Waals surface area contributed by atoms with Crippen LogP contribution in [0, 0.1) is 17.4 Å². The predicted octanol–water partition coefficient (Wildman–Crippen LogP) is 7.94. The number of aliphatic imine (C=N–C) groups is 1. The number of halogens is 3. The lowest BCUT2D eigenvalue weighted by molar-refractivity contribution is 0.267. The molecule has 3 aromatic rings. The molecule has 30 heavy (non-hydrogen) atoms. The standard InChI is InChI=1S/C24H22Cl2INO2/c1-4-29-23-11-17(13-28-22-8-5-15(2)9-16(22)3)10-21(27)24(23)30-14-18-6-7-19(25)12-20(18)26/h5-13H,4,14H2,1-3H3.